The fourth-order valence-corrected chi connectivity index (χ4v) is 1.40. The molecule has 0 saturated heterocycles. The zero-order valence-electron chi connectivity index (χ0n) is 6.78. The van der Waals surface area contributed by atoms with Crippen LogP contribution in [0.15, 0.2) is 18.2 Å². The molecule has 1 aromatic rings. The van der Waals surface area contributed by atoms with Gasteiger partial charge in [-0.05, 0) is 30.7 Å². The average Bonchev–Trinajstić information content (AvgIpc) is 1.94. The quantitative estimate of drug-likeness (QED) is 0.750. The van der Waals surface area contributed by atoms with Crippen LogP contribution in [0, 0.1) is 6.92 Å². The van der Waals surface area contributed by atoms with Crippen LogP contribution in [0.5, 0.6) is 0 Å². The van der Waals surface area contributed by atoms with Crippen molar-refractivity contribution in [3.05, 3.63) is 28.8 Å². The van der Waals surface area contributed by atoms with Crippen molar-refractivity contribution < 1.29 is 13.0 Å². The highest BCUT2D eigenvalue weighted by atomic mass is 35.5. The molecule has 0 spiro atoms. The summed E-state index contributed by atoms with van der Waals surface area (Å²) in [6, 6.07) is 4.53. The molecule has 0 amide bonds. The van der Waals surface area contributed by atoms with Gasteiger partial charge in [-0.1, -0.05) is 11.6 Å². The summed E-state index contributed by atoms with van der Waals surface area (Å²) in [5, 5.41) is 0.542. The molecule has 1 rings (SSSR count). The van der Waals surface area contributed by atoms with Crippen LogP contribution >= 0.6 is 11.6 Å². The molecule has 0 radical (unpaired) electrons. The molecule has 0 heterocycles. The van der Waals surface area contributed by atoms with E-state index in [4.69, 9.17) is 16.2 Å². The van der Waals surface area contributed by atoms with Gasteiger partial charge in [-0.3, -0.25) is 9.27 Å². The minimum absolute atomic E-state index is 0.282. The van der Waals surface area contributed by atoms with Gasteiger partial charge in [0.1, 0.15) is 0 Å². The minimum Gasteiger partial charge on any atom is -0.269 e. The lowest BCUT2D eigenvalue weighted by Crippen LogP contribution is -2.10. The van der Waals surface area contributed by atoms with E-state index in [0.29, 0.717) is 5.02 Å². The molecule has 0 saturated carbocycles. The van der Waals surface area contributed by atoms with E-state index in [1.165, 1.54) is 12.1 Å². The first kappa shape index (κ1) is 10.3. The molecule has 0 fully saturated rings. The highest BCUT2D eigenvalue weighted by Gasteiger charge is 2.04. The fraction of sp³-hybridized carbons (Fsp3) is 0.143. The van der Waals surface area contributed by atoms with Crippen molar-refractivity contribution in [2.75, 3.05) is 4.72 Å². The summed E-state index contributed by atoms with van der Waals surface area (Å²) in [5.41, 5.74) is 1.01. The number of rotatable bonds is 2. The highest BCUT2D eigenvalue weighted by molar-refractivity contribution is 7.87. The van der Waals surface area contributed by atoms with Crippen LogP contribution in [0.2, 0.25) is 5.02 Å². The third kappa shape index (κ3) is 3.22. The molecular weight excluding hydrogens is 214 g/mol. The van der Waals surface area contributed by atoms with Gasteiger partial charge in [-0.25, -0.2) is 0 Å². The molecule has 0 aromatic heterocycles. The Balaban J connectivity index is 2.99. The number of benzene rings is 1. The Labute approximate surface area is 81.4 Å². The maximum absolute atomic E-state index is 10.4. The van der Waals surface area contributed by atoms with Crippen LogP contribution in [0.3, 0.4) is 0 Å². The van der Waals surface area contributed by atoms with Crippen LogP contribution in [0.25, 0.3) is 0 Å². The van der Waals surface area contributed by atoms with Gasteiger partial charge in [0.2, 0.25) is 0 Å². The molecule has 6 heteroatoms. The molecule has 1 aromatic carbocycles. The Morgan fingerprint density at radius 2 is 2.08 bits per heavy atom. The van der Waals surface area contributed by atoms with Gasteiger partial charge in [0.05, 0.1) is 5.69 Å². The van der Waals surface area contributed by atoms with E-state index < -0.39 is 10.3 Å². The summed E-state index contributed by atoms with van der Waals surface area (Å²) in [6.45, 7) is 1.73. The van der Waals surface area contributed by atoms with Crippen LogP contribution in [-0.4, -0.2) is 13.0 Å². The van der Waals surface area contributed by atoms with Crippen LogP contribution in [-0.2, 0) is 10.3 Å². The zero-order valence-corrected chi connectivity index (χ0v) is 8.35. The Bertz CT molecular complexity index is 416. The largest absolute Gasteiger partial charge is 0.357 e. The van der Waals surface area contributed by atoms with Gasteiger partial charge in [0, 0.05) is 5.02 Å². The van der Waals surface area contributed by atoms with Crippen molar-refractivity contribution in [3.8, 4) is 0 Å². The Morgan fingerprint density at radius 1 is 1.46 bits per heavy atom. The predicted octanol–water partition coefficient (Wildman–Crippen LogP) is 1.86. The standard InChI is InChI=1S/C7H8ClNO3S/c1-5-4-6(2-3-7(5)8)9-13(10,11)12/h2-4,9H,1H3,(H,10,11,12). The normalized spacial score (nSPS) is 11.3. The second kappa shape index (κ2) is 3.53. The maximum atomic E-state index is 10.4. The number of aryl methyl sites for hydroxylation is 1. The summed E-state index contributed by atoms with van der Waals surface area (Å²) in [7, 11) is -4.20. The van der Waals surface area contributed by atoms with E-state index in [2.05, 4.69) is 0 Å². The Morgan fingerprint density at radius 3 is 2.54 bits per heavy atom. The van der Waals surface area contributed by atoms with Crippen molar-refractivity contribution in [1.82, 2.24) is 0 Å². The summed E-state index contributed by atoms with van der Waals surface area (Å²) in [6.07, 6.45) is 0. The molecule has 13 heavy (non-hydrogen) atoms. The van der Waals surface area contributed by atoms with E-state index in [0.717, 1.165) is 5.56 Å². The third-order valence-corrected chi connectivity index (χ3v) is 2.32. The molecule has 72 valence electrons. The van der Waals surface area contributed by atoms with Crippen molar-refractivity contribution in [2.24, 2.45) is 0 Å². The minimum atomic E-state index is -4.20. The van der Waals surface area contributed by atoms with Crippen LogP contribution < -0.4 is 4.72 Å². The molecule has 0 unspecified atom stereocenters. The molecule has 0 aliphatic carbocycles. The van der Waals surface area contributed by atoms with E-state index in [1.807, 2.05) is 4.72 Å². The first-order chi connectivity index (χ1) is 5.88. The lowest BCUT2D eigenvalue weighted by atomic mass is 10.2. The van der Waals surface area contributed by atoms with Crippen molar-refractivity contribution in [3.63, 3.8) is 0 Å². The van der Waals surface area contributed by atoms with E-state index >= 15 is 0 Å². The van der Waals surface area contributed by atoms with Gasteiger partial charge in [-0.2, -0.15) is 8.42 Å². The summed E-state index contributed by atoms with van der Waals surface area (Å²) in [5.74, 6) is 0. The maximum Gasteiger partial charge on any atom is 0.357 e. The predicted molar refractivity (Wildman–Crippen MR) is 51.4 cm³/mol. The monoisotopic (exact) mass is 221 g/mol. The average molecular weight is 222 g/mol. The lowest BCUT2D eigenvalue weighted by molar-refractivity contribution is 0.490. The van der Waals surface area contributed by atoms with Gasteiger partial charge in [0.25, 0.3) is 0 Å². The van der Waals surface area contributed by atoms with Gasteiger partial charge < -0.3 is 0 Å². The zero-order chi connectivity index (χ0) is 10.1. The second-order valence-electron chi connectivity index (χ2n) is 2.54. The number of hydrogen-bond donors (Lipinski definition) is 2. The van der Waals surface area contributed by atoms with Crippen molar-refractivity contribution in [1.29, 1.82) is 0 Å². The van der Waals surface area contributed by atoms with E-state index in [1.54, 1.807) is 13.0 Å². The Kier molecular flexibility index (Phi) is 2.80. The number of halogens is 1. The number of hydrogen-bond acceptors (Lipinski definition) is 2. The number of anilines is 1. The molecule has 0 aliphatic heterocycles. The molecule has 4 nitrogen and oxygen atoms in total. The van der Waals surface area contributed by atoms with E-state index in [-0.39, 0.29) is 5.69 Å². The molecule has 0 aliphatic rings. The van der Waals surface area contributed by atoms with Crippen molar-refractivity contribution >= 4 is 27.6 Å². The second-order valence-corrected chi connectivity index (χ2v) is 4.10. The fourth-order valence-electron chi connectivity index (χ4n) is 0.857. The van der Waals surface area contributed by atoms with Gasteiger partial charge in [-0.15, -0.1) is 0 Å². The summed E-state index contributed by atoms with van der Waals surface area (Å²) in [4.78, 5) is 0. The van der Waals surface area contributed by atoms with Crippen LogP contribution in [0.4, 0.5) is 5.69 Å². The topological polar surface area (TPSA) is 66.4 Å². The Hall–Kier alpha value is -0.780. The first-order valence-electron chi connectivity index (χ1n) is 3.40. The smallest absolute Gasteiger partial charge is 0.269 e. The molecule has 0 bridgehead atoms. The molecule has 2 N–H and O–H groups in total. The lowest BCUT2D eigenvalue weighted by Gasteiger charge is -2.04. The SMILES string of the molecule is Cc1cc(NS(=O)(=O)O)ccc1Cl. The van der Waals surface area contributed by atoms with Gasteiger partial charge in [0.15, 0.2) is 0 Å². The molecular formula is C7H8ClNO3S. The third-order valence-electron chi connectivity index (χ3n) is 1.40. The summed E-state index contributed by atoms with van der Waals surface area (Å²) < 4.78 is 31.2. The van der Waals surface area contributed by atoms with Crippen LogP contribution in [0.1, 0.15) is 5.56 Å². The highest BCUT2D eigenvalue weighted by Crippen LogP contribution is 2.19. The van der Waals surface area contributed by atoms with Gasteiger partial charge >= 0.3 is 10.3 Å². The molecule has 0 atom stereocenters. The van der Waals surface area contributed by atoms with Crippen molar-refractivity contribution in [2.45, 2.75) is 6.92 Å². The number of nitrogens with one attached hydrogen (secondary N) is 1. The van der Waals surface area contributed by atoms with E-state index in [9.17, 15) is 8.42 Å². The summed E-state index contributed by atoms with van der Waals surface area (Å²) >= 11 is 5.71. The first-order valence-corrected chi connectivity index (χ1v) is 5.22.